The number of carbonyl (C=O) groups excluding carboxylic acids is 19. The molecular weight excluding hydrogens is 1970 g/mol. The van der Waals surface area contributed by atoms with Gasteiger partial charge in [0.05, 0.1) is 37.3 Å². The monoisotopic (exact) mass is 2110 g/mol. The number of imidazole rings is 2. The van der Waals surface area contributed by atoms with Gasteiger partial charge in [0, 0.05) is 81.9 Å². The number of amides is 19. The van der Waals surface area contributed by atoms with E-state index in [1.165, 1.54) is 137 Å². The maximum Gasteiger partial charge on any atom is 0.326 e. The van der Waals surface area contributed by atoms with Crippen molar-refractivity contribution in [3.8, 4) is 11.5 Å². The van der Waals surface area contributed by atoms with Gasteiger partial charge in [0.25, 0.3) is 0 Å². The van der Waals surface area contributed by atoms with Crippen LogP contribution in [0.25, 0.3) is 0 Å². The van der Waals surface area contributed by atoms with Crippen LogP contribution in [0, 0.1) is 23.7 Å². The van der Waals surface area contributed by atoms with Crippen LogP contribution >= 0.6 is 11.8 Å². The molecule has 20 atom stereocenters. The van der Waals surface area contributed by atoms with Gasteiger partial charge in [0.1, 0.15) is 114 Å². The lowest BCUT2D eigenvalue weighted by Gasteiger charge is -2.33. The van der Waals surface area contributed by atoms with Crippen LogP contribution in [0.3, 0.4) is 0 Å². The number of aliphatic carboxylic acids is 2. The molecule has 0 saturated carbocycles. The van der Waals surface area contributed by atoms with Gasteiger partial charge in [-0.3, -0.25) is 95.9 Å². The summed E-state index contributed by atoms with van der Waals surface area (Å²) >= 11 is 1.33. The molecule has 19 amide bonds. The molecule has 0 radical (unpaired) electrons. The normalized spacial score (nSPS) is 17.9. The van der Waals surface area contributed by atoms with E-state index in [1.54, 1.807) is 34.0 Å². The lowest BCUT2D eigenvalue weighted by molar-refractivity contribution is -0.145. The minimum Gasteiger partial charge on any atom is -0.508 e. The van der Waals surface area contributed by atoms with Gasteiger partial charge in [0.15, 0.2) is 0 Å². The minimum absolute atomic E-state index is 0.0100. The minimum atomic E-state index is -1.92. The van der Waals surface area contributed by atoms with Crippen LogP contribution in [0.2, 0.25) is 0 Å². The van der Waals surface area contributed by atoms with Crippen molar-refractivity contribution < 1.29 is 131 Å². The molecule has 5 heterocycles. The molecule has 28 N–H and O–H groups in total. The van der Waals surface area contributed by atoms with Crippen LogP contribution in [0.5, 0.6) is 11.5 Å². The fourth-order valence-electron chi connectivity index (χ4n) is 17.3. The fraction of sp³-hybridized carbons (Fsp3) is 0.598. The summed E-state index contributed by atoms with van der Waals surface area (Å²) in [6.45, 7) is 16.4. The van der Waals surface area contributed by atoms with Crippen molar-refractivity contribution in [1.29, 1.82) is 0 Å². The second-order valence-corrected chi connectivity index (χ2v) is 40.1. The Kier molecular flexibility index (Phi) is 47.6. The number of nitrogens with two attached hydrogens (primary N) is 3. The first kappa shape index (κ1) is 121. The van der Waals surface area contributed by atoms with Crippen LogP contribution in [0.4, 0.5) is 0 Å². The van der Waals surface area contributed by atoms with E-state index in [0.717, 1.165) is 11.8 Å². The quantitative estimate of drug-likeness (QED) is 0.0197. The first-order chi connectivity index (χ1) is 70.2. The zero-order valence-electron chi connectivity index (χ0n) is 85.5. The maximum absolute atomic E-state index is 15.2. The number of phenols is 2. The smallest absolute Gasteiger partial charge is 0.326 e. The number of aromatic amines is 2. The molecule has 4 aromatic rings. The number of nitrogens with one attached hydrogen (secondary N) is 16. The summed E-state index contributed by atoms with van der Waals surface area (Å²) in [5.74, 6) is -23.1. The number of carboxylic acids is 2. The Hall–Kier alpha value is -14.4. The maximum atomic E-state index is 15.2. The zero-order chi connectivity index (χ0) is 111. The van der Waals surface area contributed by atoms with Crippen molar-refractivity contribution >= 4 is 136 Å². The molecule has 3 fully saturated rings. The molecule has 7 rings (SSSR count). The number of aromatic nitrogens is 4. The lowest BCUT2D eigenvalue weighted by Crippen LogP contribution is -2.63. The number of rotatable bonds is 59. The summed E-state index contributed by atoms with van der Waals surface area (Å²) in [4.78, 5) is 312. The highest BCUT2D eigenvalue weighted by atomic mass is 32.2. The summed E-state index contributed by atoms with van der Waals surface area (Å²) in [6, 6.07) is -16.5. The molecule has 2 aromatic heterocycles. The largest absolute Gasteiger partial charge is 0.508 e. The van der Waals surface area contributed by atoms with Gasteiger partial charge < -0.3 is 147 Å². The van der Waals surface area contributed by atoms with Crippen LogP contribution in [-0.4, -0.2) is 342 Å². The van der Waals surface area contributed by atoms with E-state index >= 15 is 9.59 Å². The number of thioether (sulfide) groups is 1. The first-order valence-electron chi connectivity index (χ1n) is 49.5. The number of likely N-dealkylation sites (tertiary alicyclic amines) is 3. The molecule has 52 heteroatoms. The van der Waals surface area contributed by atoms with Crippen LogP contribution in [0.1, 0.15) is 189 Å². The number of aliphatic hydroxyl groups excluding tert-OH is 2. The van der Waals surface area contributed by atoms with Gasteiger partial charge >= 0.3 is 11.9 Å². The molecule has 51 nitrogen and oxygen atoms in total. The van der Waals surface area contributed by atoms with E-state index in [0.29, 0.717) is 28.3 Å². The summed E-state index contributed by atoms with van der Waals surface area (Å²) in [7, 11) is 0. The van der Waals surface area contributed by atoms with E-state index in [1.807, 2.05) is 0 Å². The number of carbonyl (C=O) groups is 21. The molecule has 0 spiro atoms. The number of aromatic hydroxyl groups is 2. The molecule has 3 saturated heterocycles. The second kappa shape index (κ2) is 58.3. The highest BCUT2D eigenvalue weighted by molar-refractivity contribution is 7.98. The third-order valence-electron chi connectivity index (χ3n) is 25.3. The molecule has 0 unspecified atom stereocenters. The second-order valence-electron chi connectivity index (χ2n) is 39.2. The number of H-pyrrole nitrogens is 2. The Bertz CT molecular complexity index is 5300. The van der Waals surface area contributed by atoms with Gasteiger partial charge in [-0.1, -0.05) is 79.7 Å². The standard InChI is InChI=1S/C97H144N24O27S/c1-47(2)36-63(109-81(131)60(98)27-29-73(99)126)84(134)110-66(42-75(128)129)86(136)112-68(40-56-43-101-45-103-56)95(145)120-33-14-17-71(120)88(138)113-67(37-48(3)4)94(144)121-34-15-18-72(121)89(139)117-79(53(11)123)93(143)116-76(49(5)6)90(140)114-69(41-57-44-102-46-104-57)96(146)119-32-13-16-70(119)87(137)106-61(28-30-74(100)127)82(132)115-77(50(7)8)91(141)118-78(52(10)122)92(142)111-64(38-54-19-23-58(124)24-20-54)83(133)105-51(9)80(130)108-65(39-55-21-25-59(125)26-22-55)85(135)107-62(97(147)148)31-35-149-12/h19-26,43-53,60-72,76-79,122-125H,13-18,27-42,98H2,1-12H3,(H2,99,126)(H2,100,127)(H,101,103)(H,102,104)(H,105,133)(H,106,137)(H,107,135)(H,108,130)(H,109,131)(H,110,134)(H,111,142)(H,112,136)(H,113,138)(H,114,140)(H,115,132)(H,116,143)(H,117,139)(H,118,141)(H,128,129)(H,147,148)/t51-,52+,53+,60-,61-,62-,63-,64-,65-,66-,67-,68-,69-,70-,71-,72-,76-,77-,78-,79-/m0/s1. The zero-order valence-corrected chi connectivity index (χ0v) is 86.3. The lowest BCUT2D eigenvalue weighted by atomic mass is 10.00. The van der Waals surface area contributed by atoms with Crippen LogP contribution in [0.15, 0.2) is 73.6 Å². The van der Waals surface area contributed by atoms with Gasteiger partial charge in [0.2, 0.25) is 112 Å². The van der Waals surface area contributed by atoms with Gasteiger partial charge in [-0.15, -0.1) is 0 Å². The Balaban J connectivity index is 1.02. The van der Waals surface area contributed by atoms with Crippen molar-refractivity contribution in [3.05, 3.63) is 96.1 Å². The average Bonchev–Trinajstić information content (AvgIpc) is 1.69. The third kappa shape index (κ3) is 37.7. The number of carboxylic acid groups (broad SMARTS) is 2. The number of nitrogens with zero attached hydrogens (tertiary/aromatic N) is 5. The summed E-state index contributed by atoms with van der Waals surface area (Å²) in [5.41, 5.74) is 18.2. The van der Waals surface area contributed by atoms with Gasteiger partial charge in [-0.2, -0.15) is 11.8 Å². The number of hydrogen-bond donors (Lipinski definition) is 25. The van der Waals surface area contributed by atoms with Crippen molar-refractivity contribution in [1.82, 2.24) is 109 Å². The number of benzene rings is 2. The topological polar surface area (TPSA) is 793 Å². The Morgan fingerprint density at radius 3 is 1.17 bits per heavy atom. The summed E-state index contributed by atoms with van der Waals surface area (Å²) < 4.78 is 0. The Labute approximate surface area is 865 Å². The van der Waals surface area contributed by atoms with E-state index in [2.05, 4.69) is 94.4 Å². The molecule has 0 bridgehead atoms. The fourth-order valence-corrected chi connectivity index (χ4v) is 17.7. The van der Waals surface area contributed by atoms with Gasteiger partial charge in [-0.25, -0.2) is 14.8 Å². The Morgan fingerprint density at radius 2 is 0.738 bits per heavy atom. The first-order valence-corrected chi connectivity index (χ1v) is 50.9. The predicted octanol–water partition coefficient (Wildman–Crippen LogP) is -5.07. The van der Waals surface area contributed by atoms with Crippen molar-refractivity contribution in [2.45, 2.75) is 313 Å². The highest BCUT2D eigenvalue weighted by Gasteiger charge is 2.47. The van der Waals surface area contributed by atoms with Crippen LogP contribution < -0.4 is 91.6 Å². The van der Waals surface area contributed by atoms with E-state index in [-0.39, 0.29) is 139 Å². The predicted molar refractivity (Wildman–Crippen MR) is 535 cm³/mol. The van der Waals surface area contributed by atoms with E-state index in [4.69, 9.17) is 17.2 Å². The molecule has 3 aliphatic heterocycles. The molecule has 820 valence electrons. The van der Waals surface area contributed by atoms with Crippen LogP contribution in [-0.2, 0) is 126 Å². The number of hydrogen-bond acceptors (Lipinski definition) is 29. The van der Waals surface area contributed by atoms with Crippen molar-refractivity contribution in [2.24, 2.45) is 40.9 Å². The highest BCUT2D eigenvalue weighted by Crippen LogP contribution is 2.27. The summed E-state index contributed by atoms with van der Waals surface area (Å²) in [5, 5.41) is 98.0. The number of aliphatic hydroxyl groups is 2. The average molecular weight is 2110 g/mol. The van der Waals surface area contributed by atoms with Crippen molar-refractivity contribution in [3.63, 3.8) is 0 Å². The number of primary amides is 2. The Morgan fingerprint density at radius 1 is 0.389 bits per heavy atom. The van der Waals surface area contributed by atoms with Crippen molar-refractivity contribution in [2.75, 3.05) is 31.6 Å². The third-order valence-corrected chi connectivity index (χ3v) is 26.0. The SMILES string of the molecule is CSCC[C@H](NC(=O)[C@H](Cc1ccc(O)cc1)NC(=O)[C@H](C)NC(=O)[C@H](Cc1ccc(O)cc1)NC(=O)[C@@H](NC(=O)[C@@H](NC(=O)[C@H](CCC(N)=O)NC(=O)[C@@H]1CCCN1C(=O)[C@H](Cc1cnc[nH]1)NC(=O)[C@@H](NC(=O)[C@@H](NC(=O)[C@@H]1CCCN1C(=O)[C@H](CC(C)C)NC(=O)[C@@H]1CCCN1C(=O)[C@H](Cc1cnc[nH]1)NC(=O)[C@H](CC(=O)O)NC(=O)[C@H](CC(C)C)NC(=O)[C@@H](N)CCC(N)=O)[C@@H](C)O)C(C)C)C(C)C)[C@@H](C)O)C(=O)O. The number of phenolic OH excluding ortho intramolecular Hbond substituents is 2. The molecular formula is C97H144N24O27S. The molecule has 149 heavy (non-hydrogen) atoms. The summed E-state index contributed by atoms with van der Waals surface area (Å²) in [6.07, 6.45) is 0.654. The molecule has 3 aliphatic rings. The van der Waals surface area contributed by atoms with E-state index in [9.17, 15) is 122 Å². The van der Waals surface area contributed by atoms with Gasteiger partial charge in [-0.05, 0) is 162 Å². The molecule has 2 aromatic carbocycles. The van der Waals surface area contributed by atoms with E-state index < -0.39 is 276 Å². The molecule has 0 aliphatic carbocycles.